The highest BCUT2D eigenvalue weighted by atomic mass is 16.5. The minimum atomic E-state index is -0.0361. The lowest BCUT2D eigenvalue weighted by Crippen LogP contribution is -1.94. The van der Waals surface area contributed by atoms with E-state index < -0.39 is 0 Å². The number of rotatable bonds is 4. The van der Waals surface area contributed by atoms with Crippen LogP contribution in [0.25, 0.3) is 5.69 Å². The minimum Gasteiger partial charge on any atom is -0.497 e. The Balaban J connectivity index is 1.91. The van der Waals surface area contributed by atoms with Crippen LogP contribution in [-0.2, 0) is 0 Å². The van der Waals surface area contributed by atoms with E-state index in [1.54, 1.807) is 38.3 Å². The van der Waals surface area contributed by atoms with Gasteiger partial charge in [-0.05, 0) is 43.3 Å². The van der Waals surface area contributed by atoms with Crippen molar-refractivity contribution in [3.63, 3.8) is 0 Å². The van der Waals surface area contributed by atoms with Crippen LogP contribution < -0.4 is 4.74 Å². The van der Waals surface area contributed by atoms with Crippen molar-refractivity contribution in [3.8, 4) is 17.3 Å². The number of benzene rings is 2. The molecule has 0 amide bonds. The smallest absolute Gasteiger partial charge is 0.243 e. The summed E-state index contributed by atoms with van der Waals surface area (Å²) in [6.07, 6.45) is 0. The lowest BCUT2D eigenvalue weighted by molar-refractivity contribution is 0.415. The second-order valence-electron chi connectivity index (χ2n) is 4.90. The molecule has 0 aliphatic rings. The highest BCUT2D eigenvalue weighted by Gasteiger charge is 2.15. The van der Waals surface area contributed by atoms with Crippen LogP contribution in [0.1, 0.15) is 5.69 Å². The van der Waals surface area contributed by atoms with Crippen molar-refractivity contribution in [1.29, 1.82) is 0 Å². The van der Waals surface area contributed by atoms with E-state index in [2.05, 4.69) is 15.3 Å². The Bertz CT molecular complexity index is 824. The molecule has 6 heteroatoms. The molecule has 0 saturated carbocycles. The van der Waals surface area contributed by atoms with Gasteiger partial charge in [-0.15, -0.1) is 5.11 Å². The van der Waals surface area contributed by atoms with Gasteiger partial charge in [0.2, 0.25) is 5.88 Å². The first-order valence-corrected chi connectivity index (χ1v) is 7.09. The van der Waals surface area contributed by atoms with Crippen molar-refractivity contribution in [2.75, 3.05) is 7.11 Å². The van der Waals surface area contributed by atoms with Crippen molar-refractivity contribution in [2.45, 2.75) is 6.92 Å². The van der Waals surface area contributed by atoms with Crippen LogP contribution in [0.3, 0.4) is 0 Å². The summed E-state index contributed by atoms with van der Waals surface area (Å²) in [6.45, 7) is 1.78. The molecule has 0 fully saturated rings. The summed E-state index contributed by atoms with van der Waals surface area (Å²) >= 11 is 0. The molecule has 0 unspecified atom stereocenters. The maximum Gasteiger partial charge on any atom is 0.243 e. The Hall–Kier alpha value is -3.15. The monoisotopic (exact) mass is 308 g/mol. The molecule has 0 bridgehead atoms. The molecule has 116 valence electrons. The Morgan fingerprint density at radius 2 is 1.70 bits per heavy atom. The largest absolute Gasteiger partial charge is 0.497 e. The Morgan fingerprint density at radius 3 is 2.35 bits per heavy atom. The number of aryl methyl sites for hydroxylation is 1. The van der Waals surface area contributed by atoms with Crippen molar-refractivity contribution in [1.82, 2.24) is 9.78 Å². The molecule has 0 aliphatic heterocycles. The van der Waals surface area contributed by atoms with Crippen LogP contribution in [-0.4, -0.2) is 22.0 Å². The highest BCUT2D eigenvalue weighted by molar-refractivity contribution is 5.54. The maximum absolute atomic E-state index is 10.3. The number of hydrogen-bond acceptors (Lipinski definition) is 5. The van der Waals surface area contributed by atoms with Crippen molar-refractivity contribution in [2.24, 2.45) is 10.2 Å². The number of methoxy groups -OCH3 is 1. The van der Waals surface area contributed by atoms with Crippen molar-refractivity contribution < 1.29 is 9.84 Å². The molecule has 3 aromatic rings. The number of azo groups is 1. The predicted molar refractivity (Wildman–Crippen MR) is 87.1 cm³/mol. The van der Waals surface area contributed by atoms with E-state index >= 15 is 0 Å². The summed E-state index contributed by atoms with van der Waals surface area (Å²) in [5.74, 6) is 0.714. The molecular formula is C17H16N4O2. The molecule has 0 atom stereocenters. The van der Waals surface area contributed by atoms with Crippen LogP contribution in [0.2, 0.25) is 0 Å². The van der Waals surface area contributed by atoms with Gasteiger partial charge in [-0.2, -0.15) is 14.9 Å². The van der Waals surface area contributed by atoms with Crippen LogP contribution in [0.4, 0.5) is 11.4 Å². The quantitative estimate of drug-likeness (QED) is 0.730. The molecule has 0 aliphatic carbocycles. The summed E-state index contributed by atoms with van der Waals surface area (Å²) < 4.78 is 6.54. The van der Waals surface area contributed by atoms with Crippen LogP contribution >= 0.6 is 0 Å². The molecule has 1 aromatic heterocycles. The average molecular weight is 308 g/mol. The number of ether oxygens (including phenoxy) is 1. The number of para-hydroxylation sites is 1. The molecule has 23 heavy (non-hydrogen) atoms. The van der Waals surface area contributed by atoms with Gasteiger partial charge >= 0.3 is 0 Å². The lowest BCUT2D eigenvalue weighted by atomic mass is 10.3. The summed E-state index contributed by atoms with van der Waals surface area (Å²) in [6, 6.07) is 16.6. The zero-order valence-corrected chi connectivity index (χ0v) is 12.8. The number of hydrogen-bond donors (Lipinski definition) is 1. The van der Waals surface area contributed by atoms with E-state index in [4.69, 9.17) is 4.74 Å². The lowest BCUT2D eigenvalue weighted by Gasteiger charge is -2.01. The zero-order valence-electron chi connectivity index (χ0n) is 12.8. The molecule has 6 nitrogen and oxygen atoms in total. The van der Waals surface area contributed by atoms with Gasteiger partial charge in [0.1, 0.15) is 5.75 Å². The first kappa shape index (κ1) is 14.8. The molecular weight excluding hydrogens is 292 g/mol. The standard InChI is InChI=1S/C17H16N4O2/c1-12-16(19-18-13-8-10-15(23-2)11-9-13)17(22)21(20-12)14-6-4-3-5-7-14/h3-11,22H,1-2H3/b19-18+. The van der Waals surface area contributed by atoms with Gasteiger partial charge in [0.25, 0.3) is 0 Å². The van der Waals surface area contributed by atoms with E-state index in [-0.39, 0.29) is 5.88 Å². The predicted octanol–water partition coefficient (Wildman–Crippen LogP) is 4.31. The third-order valence-corrected chi connectivity index (χ3v) is 3.34. The molecule has 2 aromatic carbocycles. The van der Waals surface area contributed by atoms with E-state index in [9.17, 15) is 5.11 Å². The number of aromatic hydroxyl groups is 1. The van der Waals surface area contributed by atoms with E-state index in [0.29, 0.717) is 17.1 Å². The Kier molecular flexibility index (Phi) is 4.05. The molecule has 1 heterocycles. The van der Waals surface area contributed by atoms with Gasteiger partial charge in [0.15, 0.2) is 5.69 Å². The van der Waals surface area contributed by atoms with E-state index in [1.165, 1.54) is 4.68 Å². The first-order chi connectivity index (χ1) is 11.2. The van der Waals surface area contributed by atoms with Crippen molar-refractivity contribution in [3.05, 3.63) is 60.3 Å². The van der Waals surface area contributed by atoms with Crippen LogP contribution in [0.5, 0.6) is 11.6 Å². The average Bonchev–Trinajstić information content (AvgIpc) is 2.88. The maximum atomic E-state index is 10.3. The van der Waals surface area contributed by atoms with E-state index in [0.717, 1.165) is 11.4 Å². The number of aromatic nitrogens is 2. The third-order valence-electron chi connectivity index (χ3n) is 3.34. The van der Waals surface area contributed by atoms with E-state index in [1.807, 2.05) is 30.3 Å². The van der Waals surface area contributed by atoms with Gasteiger partial charge in [0, 0.05) is 0 Å². The zero-order chi connectivity index (χ0) is 16.2. The second kappa shape index (κ2) is 6.31. The third kappa shape index (κ3) is 3.06. The first-order valence-electron chi connectivity index (χ1n) is 7.09. The molecule has 0 saturated heterocycles. The fourth-order valence-electron chi connectivity index (χ4n) is 2.13. The Labute approximate surface area is 133 Å². The molecule has 1 N–H and O–H groups in total. The van der Waals surface area contributed by atoms with Crippen LogP contribution in [0.15, 0.2) is 64.8 Å². The van der Waals surface area contributed by atoms with Gasteiger partial charge in [-0.1, -0.05) is 18.2 Å². The molecule has 3 rings (SSSR count). The molecule has 0 spiro atoms. The SMILES string of the molecule is COc1ccc(/N=N/c2c(C)nn(-c3ccccc3)c2O)cc1. The topological polar surface area (TPSA) is 72.0 Å². The normalized spacial score (nSPS) is 11.0. The molecule has 0 radical (unpaired) electrons. The van der Waals surface area contributed by atoms with Gasteiger partial charge in [-0.25, -0.2) is 0 Å². The van der Waals surface area contributed by atoms with Gasteiger partial charge < -0.3 is 9.84 Å². The number of nitrogens with zero attached hydrogens (tertiary/aromatic N) is 4. The minimum absolute atomic E-state index is 0.0361. The second-order valence-corrected chi connectivity index (χ2v) is 4.90. The van der Waals surface area contributed by atoms with Crippen molar-refractivity contribution >= 4 is 11.4 Å². The summed E-state index contributed by atoms with van der Waals surface area (Å²) in [7, 11) is 1.61. The van der Waals surface area contributed by atoms with Gasteiger partial charge in [-0.3, -0.25) is 0 Å². The highest BCUT2D eigenvalue weighted by Crippen LogP contribution is 2.33. The van der Waals surface area contributed by atoms with Gasteiger partial charge in [0.05, 0.1) is 24.2 Å². The van der Waals surface area contributed by atoms with Crippen LogP contribution in [0, 0.1) is 6.92 Å². The fourth-order valence-corrected chi connectivity index (χ4v) is 2.13. The Morgan fingerprint density at radius 1 is 1.00 bits per heavy atom. The summed E-state index contributed by atoms with van der Waals surface area (Å²) in [4.78, 5) is 0. The summed E-state index contributed by atoms with van der Waals surface area (Å²) in [5.41, 5.74) is 2.38. The fraction of sp³-hybridized carbons (Fsp3) is 0.118. The summed E-state index contributed by atoms with van der Waals surface area (Å²) in [5, 5.41) is 22.9.